The van der Waals surface area contributed by atoms with Gasteiger partial charge in [-0.1, -0.05) is 0 Å². The zero-order valence-corrected chi connectivity index (χ0v) is 19.2. The second-order valence-electron chi connectivity index (χ2n) is 8.77. The molecule has 33 heavy (non-hydrogen) atoms. The van der Waals surface area contributed by atoms with E-state index in [-0.39, 0.29) is 23.2 Å². The molecule has 5 rings (SSSR count). The van der Waals surface area contributed by atoms with Crippen molar-refractivity contribution in [2.24, 2.45) is 14.1 Å². The summed E-state index contributed by atoms with van der Waals surface area (Å²) in [7, 11) is 3.48. The van der Waals surface area contributed by atoms with Crippen LogP contribution < -0.4 is 16.4 Å². The van der Waals surface area contributed by atoms with E-state index in [1.165, 1.54) is 4.57 Å². The van der Waals surface area contributed by atoms with Crippen LogP contribution in [0.15, 0.2) is 34.0 Å². The molecule has 172 valence electrons. The third kappa shape index (κ3) is 3.73. The van der Waals surface area contributed by atoms with Gasteiger partial charge in [-0.15, -0.1) is 5.10 Å². The summed E-state index contributed by atoms with van der Waals surface area (Å²) in [5.74, 6) is 1.17. The molecule has 4 heterocycles. The minimum atomic E-state index is -0.124. The van der Waals surface area contributed by atoms with Gasteiger partial charge in [0.25, 0.3) is 11.1 Å². The van der Waals surface area contributed by atoms with Crippen molar-refractivity contribution in [3.8, 4) is 5.82 Å². The van der Waals surface area contributed by atoms with E-state index in [0.29, 0.717) is 22.8 Å². The average molecular weight is 450 g/mol. The molecule has 0 aromatic carbocycles. The van der Waals surface area contributed by atoms with E-state index in [0.717, 1.165) is 37.1 Å². The van der Waals surface area contributed by atoms with Gasteiger partial charge in [0.15, 0.2) is 11.5 Å². The normalized spacial score (nSPS) is 18.7. The van der Waals surface area contributed by atoms with Crippen LogP contribution in [0.2, 0.25) is 0 Å². The number of aromatic nitrogens is 8. The Morgan fingerprint density at radius 1 is 1.03 bits per heavy atom. The Morgan fingerprint density at radius 2 is 1.79 bits per heavy atom. The van der Waals surface area contributed by atoms with Crippen molar-refractivity contribution in [1.29, 1.82) is 0 Å². The van der Waals surface area contributed by atoms with E-state index >= 15 is 0 Å². The summed E-state index contributed by atoms with van der Waals surface area (Å²) in [4.78, 5) is 29.8. The highest BCUT2D eigenvalue weighted by Crippen LogP contribution is 2.29. The smallest absolute Gasteiger partial charge is 0.267 e. The fourth-order valence-corrected chi connectivity index (χ4v) is 4.59. The first-order valence-electron chi connectivity index (χ1n) is 11.1. The minimum Gasteiger partial charge on any atom is -0.353 e. The molecule has 0 saturated heterocycles. The molecule has 4 aromatic heterocycles. The van der Waals surface area contributed by atoms with Crippen molar-refractivity contribution in [2.45, 2.75) is 51.6 Å². The topological polar surface area (TPSA) is 117 Å². The van der Waals surface area contributed by atoms with Crippen LogP contribution in [0.1, 0.15) is 43.1 Å². The SMILES string of the molecule is Cc1cc(C)n(-c2ccc(=O)n(C3CCC(Nc4nc5c(cnn5C)c(=O)n4C)CC3)n2)n1. The number of hydrogen-bond donors (Lipinski definition) is 1. The van der Waals surface area contributed by atoms with Gasteiger partial charge in [-0.05, 0) is 51.7 Å². The van der Waals surface area contributed by atoms with Gasteiger partial charge in [0.2, 0.25) is 5.95 Å². The fourth-order valence-electron chi connectivity index (χ4n) is 4.59. The Hall–Kier alpha value is -3.76. The molecule has 1 N–H and O–H groups in total. The van der Waals surface area contributed by atoms with Crippen LogP contribution in [0.4, 0.5) is 5.95 Å². The molecule has 11 nitrogen and oxygen atoms in total. The molecule has 0 spiro atoms. The third-order valence-electron chi connectivity index (χ3n) is 6.39. The summed E-state index contributed by atoms with van der Waals surface area (Å²) in [5.41, 5.74) is 2.21. The molecule has 1 aliphatic rings. The number of nitrogens with zero attached hydrogens (tertiary/aromatic N) is 8. The van der Waals surface area contributed by atoms with Crippen molar-refractivity contribution >= 4 is 17.0 Å². The lowest BCUT2D eigenvalue weighted by molar-refractivity contribution is 0.302. The number of aryl methyl sites for hydroxylation is 3. The Kier molecular flexibility index (Phi) is 5.10. The maximum Gasteiger partial charge on any atom is 0.267 e. The molecule has 1 aliphatic carbocycles. The van der Waals surface area contributed by atoms with Gasteiger partial charge in [0.05, 0.1) is 17.9 Å². The first-order valence-corrected chi connectivity index (χ1v) is 11.1. The van der Waals surface area contributed by atoms with E-state index < -0.39 is 0 Å². The molecule has 0 bridgehead atoms. The second-order valence-corrected chi connectivity index (χ2v) is 8.77. The van der Waals surface area contributed by atoms with E-state index in [9.17, 15) is 9.59 Å². The molecular formula is C22H27N9O2. The number of hydrogen-bond acceptors (Lipinski definition) is 7. The maximum atomic E-state index is 12.6. The Balaban J connectivity index is 1.33. The van der Waals surface area contributed by atoms with Gasteiger partial charge < -0.3 is 5.32 Å². The first-order chi connectivity index (χ1) is 15.8. The van der Waals surface area contributed by atoms with Gasteiger partial charge in [-0.25, -0.2) is 9.36 Å². The molecule has 11 heteroatoms. The van der Waals surface area contributed by atoms with E-state index in [2.05, 4.69) is 25.6 Å². The van der Waals surface area contributed by atoms with E-state index in [1.807, 2.05) is 19.9 Å². The standard InChI is InChI=1S/C22H27N9O2/c1-13-11-14(2)30(26-13)18-9-10-19(32)31(27-18)16-7-5-15(6-8-16)24-22-25-20-17(12-23-29(20)4)21(33)28(22)3/h9-12,15-16H,5-8H2,1-4H3,(H,24,25). The zero-order valence-electron chi connectivity index (χ0n) is 19.2. The molecule has 1 fully saturated rings. The summed E-state index contributed by atoms with van der Waals surface area (Å²) < 4.78 is 6.49. The van der Waals surface area contributed by atoms with Crippen molar-refractivity contribution in [3.05, 3.63) is 56.5 Å². The van der Waals surface area contributed by atoms with E-state index in [4.69, 9.17) is 0 Å². The highest BCUT2D eigenvalue weighted by atomic mass is 16.1. The molecule has 0 amide bonds. The highest BCUT2D eigenvalue weighted by Gasteiger charge is 2.25. The maximum absolute atomic E-state index is 12.6. The van der Waals surface area contributed by atoms with Crippen molar-refractivity contribution < 1.29 is 0 Å². The number of rotatable bonds is 4. The molecule has 1 saturated carbocycles. The molecular weight excluding hydrogens is 422 g/mol. The summed E-state index contributed by atoms with van der Waals surface area (Å²) in [5, 5.41) is 17.2. The van der Waals surface area contributed by atoms with Gasteiger partial charge in [-0.3, -0.25) is 18.8 Å². The lowest BCUT2D eigenvalue weighted by Crippen LogP contribution is -2.35. The van der Waals surface area contributed by atoms with Crippen LogP contribution in [-0.2, 0) is 14.1 Å². The molecule has 0 unspecified atom stereocenters. The molecule has 4 aromatic rings. The summed E-state index contributed by atoms with van der Waals surface area (Å²) in [6.45, 7) is 3.91. The van der Waals surface area contributed by atoms with Crippen LogP contribution in [0, 0.1) is 13.8 Å². The predicted octanol–water partition coefficient (Wildman–Crippen LogP) is 1.62. The first kappa shape index (κ1) is 21.1. The molecule has 0 radical (unpaired) electrons. The Bertz CT molecular complexity index is 1450. The van der Waals surface area contributed by atoms with Crippen molar-refractivity contribution in [2.75, 3.05) is 5.32 Å². The monoisotopic (exact) mass is 449 g/mol. The Morgan fingerprint density at radius 3 is 2.48 bits per heavy atom. The zero-order chi connectivity index (χ0) is 23.3. The summed E-state index contributed by atoms with van der Waals surface area (Å²) in [6.07, 6.45) is 4.81. The van der Waals surface area contributed by atoms with Crippen LogP contribution in [-0.4, -0.2) is 44.9 Å². The minimum absolute atomic E-state index is 0.0174. The van der Waals surface area contributed by atoms with Crippen molar-refractivity contribution in [3.63, 3.8) is 0 Å². The predicted molar refractivity (Wildman–Crippen MR) is 124 cm³/mol. The Labute approximate surface area is 189 Å². The van der Waals surface area contributed by atoms with Gasteiger partial charge >= 0.3 is 0 Å². The third-order valence-corrected chi connectivity index (χ3v) is 6.39. The van der Waals surface area contributed by atoms with Crippen LogP contribution in [0.3, 0.4) is 0 Å². The number of anilines is 1. The largest absolute Gasteiger partial charge is 0.353 e. The lowest BCUT2D eigenvalue weighted by atomic mass is 9.91. The lowest BCUT2D eigenvalue weighted by Gasteiger charge is -2.30. The van der Waals surface area contributed by atoms with Gasteiger partial charge in [0, 0.05) is 31.9 Å². The number of fused-ring (bicyclic) bond motifs is 1. The second kappa shape index (κ2) is 7.98. The van der Waals surface area contributed by atoms with E-state index in [1.54, 1.807) is 46.5 Å². The van der Waals surface area contributed by atoms with Gasteiger partial charge in [-0.2, -0.15) is 15.2 Å². The summed E-state index contributed by atoms with van der Waals surface area (Å²) in [6, 6.07) is 5.43. The molecule has 0 aliphatic heterocycles. The van der Waals surface area contributed by atoms with Crippen LogP contribution in [0.25, 0.3) is 16.9 Å². The summed E-state index contributed by atoms with van der Waals surface area (Å²) >= 11 is 0. The average Bonchev–Trinajstić information content (AvgIpc) is 3.34. The molecule has 0 atom stereocenters. The quantitative estimate of drug-likeness (QED) is 0.503. The fraction of sp³-hybridized carbons (Fsp3) is 0.455. The highest BCUT2D eigenvalue weighted by molar-refractivity contribution is 5.74. The van der Waals surface area contributed by atoms with Crippen molar-refractivity contribution in [1.82, 2.24) is 38.9 Å². The van der Waals surface area contributed by atoms with Gasteiger partial charge in [0.1, 0.15) is 5.39 Å². The van der Waals surface area contributed by atoms with Crippen LogP contribution in [0.5, 0.6) is 0 Å². The van der Waals surface area contributed by atoms with Crippen LogP contribution >= 0.6 is 0 Å². The number of nitrogens with one attached hydrogen (secondary N) is 1.